The van der Waals surface area contributed by atoms with Crippen LogP contribution in [-0.4, -0.2) is 60.6 Å². The molecule has 0 amide bonds. The summed E-state index contributed by atoms with van der Waals surface area (Å²) in [7, 11) is 2.19. The van der Waals surface area contributed by atoms with Crippen LogP contribution >= 0.6 is 11.6 Å². The van der Waals surface area contributed by atoms with Crippen molar-refractivity contribution in [3.8, 4) is 0 Å². The first-order valence-electron chi connectivity index (χ1n) is 6.92. The van der Waals surface area contributed by atoms with Crippen LogP contribution in [0.15, 0.2) is 18.5 Å². The smallest absolute Gasteiger partial charge is 0.0820 e. The lowest BCUT2D eigenvalue weighted by Gasteiger charge is -2.33. The fraction of sp³-hybridized carbons (Fsp3) is 0.643. The molecule has 0 aliphatic carbocycles. The molecule has 1 aromatic rings. The van der Waals surface area contributed by atoms with Crippen LogP contribution in [0.1, 0.15) is 13.3 Å². The highest BCUT2D eigenvalue weighted by molar-refractivity contribution is 6.33. The third-order valence-corrected chi connectivity index (χ3v) is 3.95. The second-order valence-corrected chi connectivity index (χ2v) is 5.74. The van der Waals surface area contributed by atoms with Gasteiger partial charge in [-0.25, -0.2) is 0 Å². The molecule has 0 aromatic carbocycles. The second-order valence-electron chi connectivity index (χ2n) is 5.33. The Morgan fingerprint density at radius 1 is 1.37 bits per heavy atom. The average molecular weight is 283 g/mol. The molecule has 5 heteroatoms. The quantitative estimate of drug-likeness (QED) is 0.897. The predicted molar refractivity (Wildman–Crippen MR) is 80.9 cm³/mol. The van der Waals surface area contributed by atoms with Crippen molar-refractivity contribution in [2.75, 3.05) is 45.1 Å². The number of likely N-dealkylation sites (N-methyl/N-ethyl adjacent to an activating group) is 1. The maximum Gasteiger partial charge on any atom is 0.0820 e. The molecule has 0 spiro atoms. The second kappa shape index (κ2) is 7.08. The zero-order chi connectivity index (χ0) is 13.7. The highest BCUT2D eigenvalue weighted by Crippen LogP contribution is 2.20. The first-order chi connectivity index (χ1) is 9.15. The summed E-state index contributed by atoms with van der Waals surface area (Å²) in [6.07, 6.45) is 4.57. The summed E-state index contributed by atoms with van der Waals surface area (Å²) in [6.45, 7) is 8.06. The fourth-order valence-electron chi connectivity index (χ4n) is 2.28. The third-order valence-electron chi connectivity index (χ3n) is 3.65. The van der Waals surface area contributed by atoms with Gasteiger partial charge in [0.15, 0.2) is 0 Å². The van der Waals surface area contributed by atoms with Gasteiger partial charge in [0.05, 0.1) is 10.7 Å². The highest BCUT2D eigenvalue weighted by atomic mass is 35.5. The molecule has 1 aliphatic rings. The topological polar surface area (TPSA) is 31.4 Å². The Bertz CT molecular complexity index is 391. The number of halogens is 1. The Labute approximate surface area is 120 Å². The average Bonchev–Trinajstić information content (AvgIpc) is 2.41. The van der Waals surface area contributed by atoms with Crippen LogP contribution in [0.3, 0.4) is 0 Å². The minimum atomic E-state index is 0.416. The lowest BCUT2D eigenvalue weighted by molar-refractivity contribution is 0.151. The van der Waals surface area contributed by atoms with Crippen LogP contribution in [-0.2, 0) is 0 Å². The maximum atomic E-state index is 6.09. The summed E-state index contributed by atoms with van der Waals surface area (Å²) in [5.74, 6) is 0. The van der Waals surface area contributed by atoms with Crippen molar-refractivity contribution in [3.05, 3.63) is 23.5 Å². The first-order valence-corrected chi connectivity index (χ1v) is 7.30. The number of aromatic nitrogens is 1. The van der Waals surface area contributed by atoms with E-state index < -0.39 is 0 Å². The van der Waals surface area contributed by atoms with Crippen LogP contribution in [0.4, 0.5) is 5.69 Å². The van der Waals surface area contributed by atoms with Gasteiger partial charge in [0.2, 0.25) is 0 Å². The van der Waals surface area contributed by atoms with Crippen molar-refractivity contribution < 1.29 is 0 Å². The molecule has 1 aliphatic heterocycles. The number of anilines is 1. The molecule has 2 heterocycles. The van der Waals surface area contributed by atoms with Crippen molar-refractivity contribution >= 4 is 17.3 Å². The minimum Gasteiger partial charge on any atom is -0.381 e. The predicted octanol–water partition coefficient (Wildman–Crippen LogP) is 2.17. The Balaban J connectivity index is 1.73. The van der Waals surface area contributed by atoms with E-state index in [1.165, 1.54) is 26.2 Å². The van der Waals surface area contributed by atoms with E-state index in [0.29, 0.717) is 11.1 Å². The number of piperazine rings is 1. The van der Waals surface area contributed by atoms with Crippen LogP contribution in [0, 0.1) is 0 Å². The molecule has 1 unspecified atom stereocenters. The van der Waals surface area contributed by atoms with E-state index in [2.05, 4.69) is 34.1 Å². The molecule has 0 saturated carbocycles. The summed E-state index contributed by atoms with van der Waals surface area (Å²) in [5, 5.41) is 4.14. The lowest BCUT2D eigenvalue weighted by atomic mass is 10.2. The molecule has 4 nitrogen and oxygen atoms in total. The number of nitrogens with zero attached hydrogens (tertiary/aromatic N) is 3. The standard InChI is InChI=1S/C14H23ClN4/c1-12(17-14-3-5-16-11-13(14)15)4-6-19-9-7-18(2)8-10-19/h3,5,11-12H,4,6-10H2,1-2H3,(H,16,17). The molecule has 1 aromatic heterocycles. The van der Waals surface area contributed by atoms with Gasteiger partial charge >= 0.3 is 0 Å². The van der Waals surface area contributed by atoms with Crippen molar-refractivity contribution in [1.29, 1.82) is 0 Å². The summed E-state index contributed by atoms with van der Waals surface area (Å²) < 4.78 is 0. The molecule has 0 bridgehead atoms. The van der Waals surface area contributed by atoms with Crippen LogP contribution in [0.5, 0.6) is 0 Å². The zero-order valence-corrected chi connectivity index (χ0v) is 12.5. The third kappa shape index (κ3) is 4.64. The van der Waals surface area contributed by atoms with Gasteiger partial charge in [0.1, 0.15) is 0 Å². The zero-order valence-electron chi connectivity index (χ0n) is 11.8. The van der Waals surface area contributed by atoms with Crippen LogP contribution < -0.4 is 5.32 Å². The van der Waals surface area contributed by atoms with Gasteiger partial charge in [-0.05, 0) is 26.5 Å². The number of hydrogen-bond acceptors (Lipinski definition) is 4. The summed E-state index contributed by atoms with van der Waals surface area (Å²) in [5.41, 5.74) is 0.975. The van der Waals surface area contributed by atoms with E-state index in [1.54, 1.807) is 12.4 Å². The van der Waals surface area contributed by atoms with Crippen molar-refractivity contribution in [3.63, 3.8) is 0 Å². The Morgan fingerprint density at radius 2 is 2.11 bits per heavy atom. The van der Waals surface area contributed by atoms with Gasteiger partial charge in [-0.2, -0.15) is 0 Å². The number of pyridine rings is 1. The van der Waals surface area contributed by atoms with Crippen molar-refractivity contribution in [2.45, 2.75) is 19.4 Å². The van der Waals surface area contributed by atoms with E-state index >= 15 is 0 Å². The molecule has 106 valence electrons. The Kier molecular flexibility index (Phi) is 5.43. The number of rotatable bonds is 5. The van der Waals surface area contributed by atoms with E-state index in [1.807, 2.05) is 6.07 Å². The van der Waals surface area contributed by atoms with Crippen LogP contribution in [0.2, 0.25) is 5.02 Å². The van der Waals surface area contributed by atoms with Gasteiger partial charge in [-0.15, -0.1) is 0 Å². The number of hydrogen-bond donors (Lipinski definition) is 1. The molecule has 1 fully saturated rings. The van der Waals surface area contributed by atoms with Gasteiger partial charge < -0.3 is 15.1 Å². The molecule has 1 atom stereocenters. The summed E-state index contributed by atoms with van der Waals surface area (Å²) in [4.78, 5) is 8.91. The molecule has 2 rings (SSSR count). The molecule has 1 saturated heterocycles. The molecule has 1 N–H and O–H groups in total. The monoisotopic (exact) mass is 282 g/mol. The largest absolute Gasteiger partial charge is 0.381 e. The SMILES string of the molecule is CC(CCN1CCN(C)CC1)Nc1ccncc1Cl. The highest BCUT2D eigenvalue weighted by Gasteiger charge is 2.14. The molecular formula is C14H23ClN4. The molecule has 19 heavy (non-hydrogen) atoms. The van der Waals surface area contributed by atoms with E-state index in [-0.39, 0.29) is 0 Å². The van der Waals surface area contributed by atoms with Gasteiger partial charge in [0.25, 0.3) is 0 Å². The van der Waals surface area contributed by atoms with Gasteiger partial charge in [-0.3, -0.25) is 4.98 Å². The maximum absolute atomic E-state index is 6.09. The molecular weight excluding hydrogens is 260 g/mol. The van der Waals surface area contributed by atoms with E-state index in [4.69, 9.17) is 11.6 Å². The molecule has 0 radical (unpaired) electrons. The van der Waals surface area contributed by atoms with Crippen molar-refractivity contribution in [1.82, 2.24) is 14.8 Å². The van der Waals surface area contributed by atoms with Crippen LogP contribution in [0.25, 0.3) is 0 Å². The van der Waals surface area contributed by atoms with Gasteiger partial charge in [-0.1, -0.05) is 11.6 Å². The normalized spacial score (nSPS) is 19.3. The number of nitrogens with one attached hydrogen (secondary N) is 1. The minimum absolute atomic E-state index is 0.416. The first kappa shape index (κ1) is 14.6. The summed E-state index contributed by atoms with van der Waals surface area (Å²) >= 11 is 6.09. The Hall–Kier alpha value is -0.840. The van der Waals surface area contributed by atoms with E-state index in [9.17, 15) is 0 Å². The fourth-order valence-corrected chi connectivity index (χ4v) is 2.45. The van der Waals surface area contributed by atoms with Gasteiger partial charge in [0, 0.05) is 51.2 Å². The van der Waals surface area contributed by atoms with E-state index in [0.717, 1.165) is 18.7 Å². The lowest BCUT2D eigenvalue weighted by Crippen LogP contribution is -2.45. The Morgan fingerprint density at radius 3 is 2.79 bits per heavy atom. The summed E-state index contributed by atoms with van der Waals surface area (Å²) in [6, 6.07) is 2.34. The van der Waals surface area contributed by atoms with Crippen molar-refractivity contribution in [2.24, 2.45) is 0 Å².